The number of aliphatic hydroxyl groups excluding tert-OH is 1. The Balaban J connectivity index is 3.06. The van der Waals surface area contributed by atoms with Crippen LogP contribution in [0, 0.1) is 0 Å². The Bertz CT molecular complexity index is 219. The molecule has 0 radical (unpaired) electrons. The molecule has 0 aliphatic rings. The molecule has 54 valence electrons. The zero-order valence-corrected chi connectivity index (χ0v) is 8.18. The second kappa shape index (κ2) is 3.46. The molecule has 1 N–H and O–H groups in total. The Morgan fingerprint density at radius 2 is 1.80 bits per heavy atom. The summed E-state index contributed by atoms with van der Waals surface area (Å²) < 4.78 is 1.46. The first kappa shape index (κ1) is 8.17. The fourth-order valence-corrected chi connectivity index (χ4v) is 1.81. The summed E-state index contributed by atoms with van der Waals surface area (Å²) >= 11 is 6.40. The normalized spacial score (nSPS) is 9.90. The van der Waals surface area contributed by atoms with Crippen molar-refractivity contribution in [1.29, 1.82) is 0 Å². The maximum Gasteiger partial charge on any atom is 0.107 e. The van der Waals surface area contributed by atoms with Crippen molar-refractivity contribution >= 4 is 31.9 Å². The fraction of sp³-hybridized carbons (Fsp3) is 0.167. The van der Waals surface area contributed by atoms with E-state index in [0.29, 0.717) is 0 Å². The number of rotatable bonds is 1. The van der Waals surface area contributed by atoms with Crippen molar-refractivity contribution in [3.8, 4) is 0 Å². The monoisotopic (exact) mass is 265 g/mol. The van der Waals surface area contributed by atoms with Crippen LogP contribution in [-0.4, -0.2) is 10.1 Å². The van der Waals surface area contributed by atoms with E-state index >= 15 is 0 Å². The fourth-order valence-electron chi connectivity index (χ4n) is 0.606. The van der Waals surface area contributed by atoms with Gasteiger partial charge in [-0.1, -0.05) is 0 Å². The van der Waals surface area contributed by atoms with Crippen LogP contribution < -0.4 is 0 Å². The lowest BCUT2D eigenvalue weighted by atomic mass is 10.3. The van der Waals surface area contributed by atoms with E-state index in [1.165, 1.54) is 0 Å². The van der Waals surface area contributed by atoms with Crippen LogP contribution in [0.5, 0.6) is 0 Å². The zero-order chi connectivity index (χ0) is 7.56. The lowest BCUT2D eigenvalue weighted by molar-refractivity contribution is 0.281. The predicted molar refractivity (Wildman–Crippen MR) is 45.6 cm³/mol. The van der Waals surface area contributed by atoms with E-state index < -0.39 is 0 Å². The number of pyridine rings is 1. The zero-order valence-electron chi connectivity index (χ0n) is 5.01. The summed E-state index contributed by atoms with van der Waals surface area (Å²) in [6, 6.07) is 3.54. The largest absolute Gasteiger partial charge is 0.392 e. The molecule has 0 aromatic carbocycles. The third-order valence-electron chi connectivity index (χ3n) is 1.01. The molecular formula is C6H5Br2NO. The van der Waals surface area contributed by atoms with Gasteiger partial charge >= 0.3 is 0 Å². The minimum absolute atomic E-state index is 0.0414. The van der Waals surface area contributed by atoms with Crippen LogP contribution in [-0.2, 0) is 6.61 Å². The van der Waals surface area contributed by atoms with Gasteiger partial charge in [-0.3, -0.25) is 0 Å². The van der Waals surface area contributed by atoms with Gasteiger partial charge in [0.15, 0.2) is 0 Å². The molecule has 0 atom stereocenters. The quantitative estimate of drug-likeness (QED) is 0.790. The molecule has 0 saturated heterocycles. The Labute approximate surface area is 75.5 Å². The van der Waals surface area contributed by atoms with Gasteiger partial charge in [0.1, 0.15) is 9.21 Å². The van der Waals surface area contributed by atoms with Crippen molar-refractivity contribution in [3.05, 3.63) is 26.9 Å². The molecule has 0 spiro atoms. The number of aromatic nitrogens is 1. The average Bonchev–Trinajstić information content (AvgIpc) is 1.85. The topological polar surface area (TPSA) is 33.1 Å². The van der Waals surface area contributed by atoms with Crippen molar-refractivity contribution in [3.63, 3.8) is 0 Å². The highest BCUT2D eigenvalue weighted by molar-refractivity contribution is 9.11. The summed E-state index contributed by atoms with van der Waals surface area (Å²) in [4.78, 5) is 4.00. The molecule has 1 rings (SSSR count). The number of hydrogen-bond acceptors (Lipinski definition) is 2. The summed E-state index contributed by atoms with van der Waals surface area (Å²) in [6.07, 6.45) is 0. The Hall–Kier alpha value is 0.0700. The molecule has 1 aromatic rings. The Morgan fingerprint density at radius 1 is 1.30 bits per heavy atom. The van der Waals surface area contributed by atoms with Gasteiger partial charge in [-0.25, -0.2) is 4.98 Å². The van der Waals surface area contributed by atoms with Crippen molar-refractivity contribution in [1.82, 2.24) is 4.98 Å². The molecule has 1 heterocycles. The van der Waals surface area contributed by atoms with E-state index in [-0.39, 0.29) is 6.61 Å². The molecule has 0 amide bonds. The lowest BCUT2D eigenvalue weighted by Crippen LogP contribution is -1.85. The second-order valence-corrected chi connectivity index (χ2v) is 3.40. The van der Waals surface area contributed by atoms with Gasteiger partial charge in [0.2, 0.25) is 0 Å². The van der Waals surface area contributed by atoms with E-state index in [4.69, 9.17) is 5.11 Å². The molecule has 10 heavy (non-hydrogen) atoms. The predicted octanol–water partition coefficient (Wildman–Crippen LogP) is 2.10. The van der Waals surface area contributed by atoms with Crippen LogP contribution in [0.4, 0.5) is 0 Å². The van der Waals surface area contributed by atoms with Gasteiger partial charge < -0.3 is 5.11 Å². The minimum atomic E-state index is 0.0414. The van der Waals surface area contributed by atoms with Crippen LogP contribution in [0.3, 0.4) is 0 Å². The number of aliphatic hydroxyl groups is 1. The van der Waals surface area contributed by atoms with Crippen molar-refractivity contribution in [2.45, 2.75) is 6.61 Å². The highest BCUT2D eigenvalue weighted by Gasteiger charge is 1.95. The average molecular weight is 267 g/mol. The molecular weight excluding hydrogens is 262 g/mol. The summed E-state index contributed by atoms with van der Waals surface area (Å²) in [6.45, 7) is 0.0414. The molecule has 0 aliphatic carbocycles. The summed E-state index contributed by atoms with van der Waals surface area (Å²) in [7, 11) is 0. The Kier molecular flexibility index (Phi) is 2.82. The SMILES string of the molecule is OCc1cc(Br)nc(Br)c1. The number of hydrogen-bond donors (Lipinski definition) is 1. The van der Waals surface area contributed by atoms with Gasteiger partial charge in [-0.05, 0) is 49.6 Å². The first-order valence-corrected chi connectivity index (χ1v) is 4.24. The van der Waals surface area contributed by atoms with Gasteiger partial charge in [0, 0.05) is 0 Å². The van der Waals surface area contributed by atoms with Crippen LogP contribution in [0.25, 0.3) is 0 Å². The summed E-state index contributed by atoms with van der Waals surface area (Å²) in [5.41, 5.74) is 0.841. The maximum absolute atomic E-state index is 8.72. The second-order valence-electron chi connectivity index (χ2n) is 1.78. The van der Waals surface area contributed by atoms with Crippen molar-refractivity contribution in [2.75, 3.05) is 0 Å². The first-order chi connectivity index (χ1) is 4.72. The van der Waals surface area contributed by atoms with Crippen molar-refractivity contribution < 1.29 is 5.11 Å². The maximum atomic E-state index is 8.72. The van der Waals surface area contributed by atoms with Crippen LogP contribution in [0.1, 0.15) is 5.56 Å². The molecule has 0 bridgehead atoms. The highest BCUT2D eigenvalue weighted by Crippen LogP contribution is 2.15. The van der Waals surface area contributed by atoms with Gasteiger partial charge in [-0.2, -0.15) is 0 Å². The third kappa shape index (κ3) is 2.04. The minimum Gasteiger partial charge on any atom is -0.392 e. The van der Waals surface area contributed by atoms with E-state index in [0.717, 1.165) is 14.8 Å². The van der Waals surface area contributed by atoms with Crippen LogP contribution in [0.2, 0.25) is 0 Å². The molecule has 0 unspecified atom stereocenters. The number of halogens is 2. The molecule has 0 saturated carbocycles. The lowest BCUT2D eigenvalue weighted by Gasteiger charge is -1.96. The Morgan fingerprint density at radius 3 is 2.20 bits per heavy atom. The molecule has 0 aliphatic heterocycles. The van der Waals surface area contributed by atoms with Crippen LogP contribution in [0.15, 0.2) is 21.3 Å². The van der Waals surface area contributed by atoms with Gasteiger partial charge in [0.05, 0.1) is 6.61 Å². The van der Waals surface area contributed by atoms with Crippen LogP contribution >= 0.6 is 31.9 Å². The van der Waals surface area contributed by atoms with E-state index in [1.807, 2.05) is 0 Å². The van der Waals surface area contributed by atoms with Crippen molar-refractivity contribution in [2.24, 2.45) is 0 Å². The third-order valence-corrected chi connectivity index (χ3v) is 1.82. The molecule has 2 nitrogen and oxygen atoms in total. The van der Waals surface area contributed by atoms with E-state index in [9.17, 15) is 0 Å². The summed E-state index contributed by atoms with van der Waals surface area (Å²) in [5, 5.41) is 8.72. The summed E-state index contributed by atoms with van der Waals surface area (Å²) in [5.74, 6) is 0. The van der Waals surface area contributed by atoms with E-state index in [1.54, 1.807) is 12.1 Å². The molecule has 4 heteroatoms. The smallest absolute Gasteiger partial charge is 0.107 e. The number of nitrogens with zero attached hydrogens (tertiary/aromatic N) is 1. The molecule has 1 aromatic heterocycles. The van der Waals surface area contributed by atoms with Gasteiger partial charge in [-0.15, -0.1) is 0 Å². The first-order valence-electron chi connectivity index (χ1n) is 2.65. The standard InChI is InChI=1S/C6H5Br2NO/c7-5-1-4(3-10)2-6(8)9-5/h1-2,10H,3H2. The highest BCUT2D eigenvalue weighted by atomic mass is 79.9. The molecule has 0 fully saturated rings. The van der Waals surface area contributed by atoms with E-state index in [2.05, 4.69) is 36.8 Å². The van der Waals surface area contributed by atoms with Gasteiger partial charge in [0.25, 0.3) is 0 Å².